The van der Waals surface area contributed by atoms with Gasteiger partial charge in [0.05, 0.1) is 24.4 Å². The molecule has 10 nitrogen and oxygen atoms in total. The van der Waals surface area contributed by atoms with Crippen molar-refractivity contribution in [1.82, 2.24) is 10.3 Å². The fourth-order valence-electron chi connectivity index (χ4n) is 2.51. The third kappa shape index (κ3) is 5.51. The van der Waals surface area contributed by atoms with Gasteiger partial charge in [0.15, 0.2) is 5.90 Å². The van der Waals surface area contributed by atoms with Crippen LogP contribution in [-0.4, -0.2) is 35.8 Å². The molecule has 29 heavy (non-hydrogen) atoms. The fraction of sp³-hybridized carbons (Fsp3) is 0.211. The van der Waals surface area contributed by atoms with E-state index in [1.807, 2.05) is 37.3 Å². The molecular formula is C19H23N7O3. The van der Waals surface area contributed by atoms with Gasteiger partial charge >= 0.3 is 6.03 Å². The van der Waals surface area contributed by atoms with Crippen LogP contribution in [0.2, 0.25) is 0 Å². The van der Waals surface area contributed by atoms with Gasteiger partial charge < -0.3 is 20.5 Å². The molecule has 1 atom stereocenters. The zero-order valence-corrected chi connectivity index (χ0v) is 16.3. The first-order chi connectivity index (χ1) is 13.7. The molecule has 1 aromatic carbocycles. The monoisotopic (exact) mass is 397 g/mol. The highest BCUT2D eigenvalue weighted by Gasteiger charge is 2.22. The van der Waals surface area contributed by atoms with Crippen LogP contribution in [0.25, 0.3) is 0 Å². The molecule has 0 spiro atoms. The van der Waals surface area contributed by atoms with E-state index in [9.17, 15) is 4.79 Å². The molecule has 10 heteroatoms. The first-order valence-corrected chi connectivity index (χ1v) is 8.60. The van der Waals surface area contributed by atoms with E-state index in [0.717, 1.165) is 5.56 Å². The zero-order chi connectivity index (χ0) is 21.6. The summed E-state index contributed by atoms with van der Waals surface area (Å²) in [5, 5.41) is 28.6. The number of benzene rings is 1. The maximum absolute atomic E-state index is 12.4. The number of hydrogen-bond donors (Lipinski definition) is 6. The molecule has 0 unspecified atom stereocenters. The Bertz CT molecular complexity index is 944. The van der Waals surface area contributed by atoms with Gasteiger partial charge in [-0.15, -0.1) is 0 Å². The summed E-state index contributed by atoms with van der Waals surface area (Å²) in [5.41, 5.74) is 6.88. The number of methoxy groups -OCH3 is 1. The summed E-state index contributed by atoms with van der Waals surface area (Å²) in [7, 11) is 1.28. The molecule has 0 aliphatic carbocycles. The van der Waals surface area contributed by atoms with Gasteiger partial charge in [-0.3, -0.25) is 21.5 Å². The van der Waals surface area contributed by atoms with Gasteiger partial charge in [-0.05, 0) is 12.5 Å². The van der Waals surface area contributed by atoms with Crippen molar-refractivity contribution in [2.75, 3.05) is 18.2 Å². The van der Waals surface area contributed by atoms with Crippen molar-refractivity contribution in [3.8, 4) is 0 Å². The number of nitrogens with one attached hydrogen (secondary N) is 5. The molecular weight excluding hydrogens is 374 g/mol. The van der Waals surface area contributed by atoms with Gasteiger partial charge in [-0.25, -0.2) is 9.78 Å². The Labute approximate surface area is 168 Å². The molecule has 0 saturated carbocycles. The minimum atomic E-state index is -0.524. The normalized spacial score (nSPS) is 11.1. The number of nitrogens with two attached hydrogens (primary N) is 1. The Hall–Kier alpha value is -3.95. The Balaban J connectivity index is 2.27. The molecule has 2 aromatic rings. The standard InChI is InChI=1S/C19H23N7O3/c1-10(12-7-5-4-6-8-12)24-19(27)26-14-9-13(21)15(17(22)28-3)16(25-14)18(23)29-11(2)20/h4-10,20,22-23H,1-3H3,(H4,21,24,25,26,27)/t10-/m1/s1. The molecule has 0 bridgehead atoms. The maximum Gasteiger partial charge on any atom is 0.320 e. The van der Waals surface area contributed by atoms with E-state index in [4.69, 9.17) is 31.4 Å². The van der Waals surface area contributed by atoms with Crippen molar-refractivity contribution in [2.45, 2.75) is 19.9 Å². The number of pyridine rings is 1. The minimum absolute atomic E-state index is 0.0300. The molecule has 2 rings (SSSR count). The number of urea groups is 1. The average Bonchev–Trinajstić information content (AvgIpc) is 2.67. The Kier molecular flexibility index (Phi) is 6.85. The molecule has 0 saturated heterocycles. The smallest absolute Gasteiger partial charge is 0.320 e. The van der Waals surface area contributed by atoms with Gasteiger partial charge in [0, 0.05) is 13.0 Å². The first kappa shape index (κ1) is 21.4. The number of nitrogen functional groups attached to an aromatic ring is 1. The molecule has 152 valence electrons. The Morgan fingerprint density at radius 1 is 1.17 bits per heavy atom. The second kappa shape index (κ2) is 9.31. The van der Waals surface area contributed by atoms with Crippen molar-refractivity contribution >= 4 is 35.2 Å². The fourth-order valence-corrected chi connectivity index (χ4v) is 2.51. The lowest BCUT2D eigenvalue weighted by atomic mass is 10.1. The van der Waals surface area contributed by atoms with Crippen LogP contribution in [0.3, 0.4) is 0 Å². The summed E-state index contributed by atoms with van der Waals surface area (Å²) < 4.78 is 9.87. The average molecular weight is 397 g/mol. The van der Waals surface area contributed by atoms with Gasteiger partial charge in [-0.1, -0.05) is 30.3 Å². The largest absolute Gasteiger partial charge is 0.481 e. The highest BCUT2D eigenvalue weighted by molar-refractivity contribution is 6.10. The van der Waals surface area contributed by atoms with Crippen molar-refractivity contribution < 1.29 is 14.3 Å². The van der Waals surface area contributed by atoms with Crippen LogP contribution < -0.4 is 16.4 Å². The van der Waals surface area contributed by atoms with Crippen LogP contribution in [-0.2, 0) is 9.47 Å². The zero-order valence-electron chi connectivity index (χ0n) is 16.3. The molecule has 2 amide bonds. The van der Waals surface area contributed by atoms with E-state index >= 15 is 0 Å². The summed E-state index contributed by atoms with van der Waals surface area (Å²) in [4.78, 5) is 16.5. The van der Waals surface area contributed by atoms with Crippen LogP contribution in [0.1, 0.15) is 36.7 Å². The molecule has 1 aromatic heterocycles. The summed E-state index contributed by atoms with van der Waals surface area (Å²) in [5.74, 6) is -1.01. The van der Waals surface area contributed by atoms with Crippen LogP contribution in [0.5, 0.6) is 0 Å². The summed E-state index contributed by atoms with van der Waals surface area (Å²) >= 11 is 0. The van der Waals surface area contributed by atoms with Crippen LogP contribution in [0.15, 0.2) is 36.4 Å². The van der Waals surface area contributed by atoms with Crippen LogP contribution in [0, 0.1) is 16.2 Å². The van der Waals surface area contributed by atoms with Gasteiger partial charge in [0.2, 0.25) is 11.8 Å². The van der Waals surface area contributed by atoms with Crippen molar-refractivity contribution in [2.24, 2.45) is 0 Å². The Morgan fingerprint density at radius 2 is 1.83 bits per heavy atom. The second-order valence-electron chi connectivity index (χ2n) is 6.07. The van der Waals surface area contributed by atoms with Crippen LogP contribution >= 0.6 is 0 Å². The highest BCUT2D eigenvalue weighted by atomic mass is 16.5. The van der Waals surface area contributed by atoms with Crippen molar-refractivity contribution in [3.63, 3.8) is 0 Å². The number of aromatic nitrogens is 1. The van der Waals surface area contributed by atoms with E-state index in [0.29, 0.717) is 0 Å². The first-order valence-electron chi connectivity index (χ1n) is 8.60. The number of nitrogens with zero attached hydrogens (tertiary/aromatic N) is 1. The predicted octanol–water partition coefficient (Wildman–Crippen LogP) is 2.86. The van der Waals surface area contributed by atoms with E-state index in [1.165, 1.54) is 20.1 Å². The van der Waals surface area contributed by atoms with Crippen molar-refractivity contribution in [1.29, 1.82) is 16.2 Å². The van der Waals surface area contributed by atoms with Gasteiger partial charge in [0.1, 0.15) is 11.5 Å². The van der Waals surface area contributed by atoms with Gasteiger partial charge in [-0.2, -0.15) is 0 Å². The maximum atomic E-state index is 12.4. The summed E-state index contributed by atoms with van der Waals surface area (Å²) in [6.07, 6.45) is 0. The number of amides is 2. The molecule has 0 radical (unpaired) electrons. The highest BCUT2D eigenvalue weighted by Crippen LogP contribution is 2.22. The van der Waals surface area contributed by atoms with E-state index < -0.39 is 11.9 Å². The van der Waals surface area contributed by atoms with E-state index in [-0.39, 0.29) is 40.6 Å². The lowest BCUT2D eigenvalue weighted by molar-refractivity contribution is 0.249. The molecule has 7 N–H and O–H groups in total. The summed E-state index contributed by atoms with van der Waals surface area (Å²) in [6, 6.07) is 9.99. The molecule has 1 heterocycles. The number of ether oxygens (including phenoxy) is 2. The third-order valence-electron chi connectivity index (χ3n) is 3.84. The van der Waals surface area contributed by atoms with Gasteiger partial charge in [0.25, 0.3) is 0 Å². The predicted molar refractivity (Wildman–Crippen MR) is 111 cm³/mol. The number of carbonyl (C=O) groups excluding carboxylic acids is 1. The van der Waals surface area contributed by atoms with E-state index in [2.05, 4.69) is 15.6 Å². The number of hydrogen-bond acceptors (Lipinski definition) is 8. The number of rotatable bonds is 5. The Morgan fingerprint density at radius 3 is 2.41 bits per heavy atom. The SMILES string of the molecule is COC(=N)c1c(N)cc(NC(=O)N[C@H](C)c2ccccc2)nc1C(=N)OC(C)=N. The lowest BCUT2D eigenvalue weighted by Gasteiger charge is -2.17. The summed E-state index contributed by atoms with van der Waals surface area (Å²) in [6.45, 7) is 3.18. The van der Waals surface area contributed by atoms with E-state index in [1.54, 1.807) is 0 Å². The number of carbonyl (C=O) groups is 1. The number of anilines is 2. The minimum Gasteiger partial charge on any atom is -0.481 e. The second-order valence-corrected chi connectivity index (χ2v) is 6.07. The molecule has 0 fully saturated rings. The lowest BCUT2D eigenvalue weighted by Crippen LogP contribution is -2.32. The topological polar surface area (TPSA) is 170 Å². The quantitative estimate of drug-likeness (QED) is 0.336. The van der Waals surface area contributed by atoms with Crippen LogP contribution in [0.4, 0.5) is 16.3 Å². The third-order valence-corrected chi connectivity index (χ3v) is 3.84. The molecule has 0 aliphatic rings. The molecule has 0 aliphatic heterocycles. The van der Waals surface area contributed by atoms with Crippen molar-refractivity contribution in [3.05, 3.63) is 53.2 Å².